The normalized spacial score (nSPS) is 17.4. The first-order chi connectivity index (χ1) is 16.7. The number of benzene rings is 3. The van der Waals surface area contributed by atoms with E-state index in [0.717, 1.165) is 35.6 Å². The maximum atomic E-state index is 13.7. The first kappa shape index (κ1) is 21.1. The van der Waals surface area contributed by atoms with Crippen LogP contribution in [-0.4, -0.2) is 40.7 Å². The molecule has 4 aromatic rings. The third-order valence-electron chi connectivity index (χ3n) is 6.95. The minimum atomic E-state index is -0.0967. The molecule has 0 saturated heterocycles. The van der Waals surface area contributed by atoms with E-state index < -0.39 is 0 Å². The van der Waals surface area contributed by atoms with Gasteiger partial charge in [0.1, 0.15) is 6.54 Å². The number of hydrogen-bond donors (Lipinski definition) is 0. The molecule has 1 fully saturated rings. The van der Waals surface area contributed by atoms with Crippen molar-refractivity contribution in [2.45, 2.75) is 31.3 Å². The van der Waals surface area contributed by atoms with Gasteiger partial charge in [0, 0.05) is 23.0 Å². The van der Waals surface area contributed by atoms with Crippen LogP contribution in [0, 0.1) is 0 Å². The summed E-state index contributed by atoms with van der Waals surface area (Å²) in [5.41, 5.74) is 2.99. The molecule has 1 aliphatic heterocycles. The summed E-state index contributed by atoms with van der Waals surface area (Å²) in [7, 11) is 0. The van der Waals surface area contributed by atoms with Crippen LogP contribution >= 0.6 is 11.3 Å². The standard InChI is InChI=1S/C29H26N2O2S/c32-27(30-16-14-26-25(15-17-34-26)28(30)21-7-2-1-3-8-21)19-31(24-12-13-24)29(33)23-11-10-20-6-4-5-9-22(20)18-23/h1-11,15,17-18,24,28H,12-14,16,19H2. The van der Waals surface area contributed by atoms with Crippen LogP contribution in [0.3, 0.4) is 0 Å². The Bertz CT molecular complexity index is 1360. The summed E-state index contributed by atoms with van der Waals surface area (Å²) in [4.78, 5) is 32.4. The molecular weight excluding hydrogens is 440 g/mol. The molecule has 2 amide bonds. The second kappa shape index (κ2) is 8.73. The molecule has 0 spiro atoms. The summed E-state index contributed by atoms with van der Waals surface area (Å²) in [5, 5.41) is 4.27. The van der Waals surface area contributed by atoms with Gasteiger partial charge in [0.05, 0.1) is 6.04 Å². The zero-order valence-corrected chi connectivity index (χ0v) is 19.7. The van der Waals surface area contributed by atoms with E-state index >= 15 is 0 Å². The van der Waals surface area contributed by atoms with E-state index in [2.05, 4.69) is 23.6 Å². The fourth-order valence-corrected chi connectivity index (χ4v) is 5.96. The summed E-state index contributed by atoms with van der Waals surface area (Å²) >= 11 is 1.77. The van der Waals surface area contributed by atoms with E-state index in [9.17, 15) is 9.59 Å². The maximum Gasteiger partial charge on any atom is 0.254 e. The largest absolute Gasteiger partial charge is 0.330 e. The lowest BCUT2D eigenvalue weighted by Crippen LogP contribution is -2.47. The molecule has 170 valence electrons. The summed E-state index contributed by atoms with van der Waals surface area (Å²) in [5.74, 6) is -0.0298. The first-order valence-corrected chi connectivity index (χ1v) is 12.8. The van der Waals surface area contributed by atoms with Gasteiger partial charge in [-0.15, -0.1) is 11.3 Å². The summed E-state index contributed by atoms with van der Waals surface area (Å²) in [6, 6.07) is 26.3. The van der Waals surface area contributed by atoms with Crippen molar-refractivity contribution in [3.05, 3.63) is 106 Å². The quantitative estimate of drug-likeness (QED) is 0.380. The molecule has 5 heteroatoms. The lowest BCUT2D eigenvalue weighted by Gasteiger charge is -2.37. The van der Waals surface area contributed by atoms with Crippen molar-refractivity contribution in [3.8, 4) is 0 Å². The van der Waals surface area contributed by atoms with Crippen molar-refractivity contribution < 1.29 is 9.59 Å². The SMILES string of the molecule is O=C(c1ccc2ccccc2c1)N(CC(=O)N1CCc2sccc2C1c1ccccc1)C1CC1. The minimum absolute atomic E-state index is 0.0201. The van der Waals surface area contributed by atoms with Gasteiger partial charge >= 0.3 is 0 Å². The number of amides is 2. The molecule has 2 heterocycles. The molecule has 0 N–H and O–H groups in total. The van der Waals surface area contributed by atoms with Crippen LogP contribution in [0.4, 0.5) is 0 Å². The van der Waals surface area contributed by atoms with Crippen molar-refractivity contribution in [3.63, 3.8) is 0 Å². The fourth-order valence-electron chi connectivity index (χ4n) is 5.06. The summed E-state index contributed by atoms with van der Waals surface area (Å²) in [6.45, 7) is 0.799. The van der Waals surface area contributed by atoms with Crippen LogP contribution in [-0.2, 0) is 11.2 Å². The Labute approximate surface area is 203 Å². The van der Waals surface area contributed by atoms with Crippen LogP contribution in [0.25, 0.3) is 10.8 Å². The number of rotatable bonds is 5. The molecule has 6 rings (SSSR count). The number of carbonyl (C=O) groups is 2. The van der Waals surface area contributed by atoms with Crippen molar-refractivity contribution >= 4 is 33.9 Å². The lowest BCUT2D eigenvalue weighted by atomic mass is 9.93. The number of nitrogens with zero attached hydrogens (tertiary/aromatic N) is 2. The Hall–Kier alpha value is -3.44. The Morgan fingerprint density at radius 3 is 2.47 bits per heavy atom. The van der Waals surface area contributed by atoms with Crippen LogP contribution in [0.5, 0.6) is 0 Å². The van der Waals surface area contributed by atoms with E-state index in [0.29, 0.717) is 12.1 Å². The molecule has 3 aromatic carbocycles. The highest BCUT2D eigenvalue weighted by Gasteiger charge is 2.38. The van der Waals surface area contributed by atoms with Crippen LogP contribution in [0.2, 0.25) is 0 Å². The summed E-state index contributed by atoms with van der Waals surface area (Å²) < 4.78 is 0. The topological polar surface area (TPSA) is 40.6 Å². The van der Waals surface area contributed by atoms with E-state index in [1.165, 1.54) is 10.4 Å². The molecule has 0 bridgehead atoms. The molecule has 2 aliphatic rings. The molecular formula is C29H26N2O2S. The Morgan fingerprint density at radius 2 is 1.68 bits per heavy atom. The summed E-state index contributed by atoms with van der Waals surface area (Å²) in [6.07, 6.45) is 2.79. The van der Waals surface area contributed by atoms with Gasteiger partial charge in [-0.05, 0) is 64.7 Å². The van der Waals surface area contributed by atoms with E-state index in [-0.39, 0.29) is 30.4 Å². The van der Waals surface area contributed by atoms with Gasteiger partial charge in [-0.1, -0.05) is 60.7 Å². The fraction of sp³-hybridized carbons (Fsp3) is 0.241. The van der Waals surface area contributed by atoms with Gasteiger partial charge in [-0.25, -0.2) is 0 Å². The average molecular weight is 467 g/mol. The molecule has 1 atom stereocenters. The molecule has 1 aromatic heterocycles. The lowest BCUT2D eigenvalue weighted by molar-refractivity contribution is -0.134. The number of carbonyl (C=O) groups excluding carboxylic acids is 2. The average Bonchev–Trinajstić information content (AvgIpc) is 3.62. The molecule has 1 saturated carbocycles. The van der Waals surface area contributed by atoms with Crippen molar-refractivity contribution in [1.82, 2.24) is 9.80 Å². The molecule has 1 aliphatic carbocycles. The highest BCUT2D eigenvalue weighted by Crippen LogP contribution is 2.38. The van der Waals surface area contributed by atoms with Crippen LogP contribution in [0.15, 0.2) is 84.2 Å². The Balaban J connectivity index is 1.28. The third-order valence-corrected chi connectivity index (χ3v) is 7.95. The monoisotopic (exact) mass is 466 g/mol. The first-order valence-electron chi connectivity index (χ1n) is 11.9. The molecule has 1 unspecified atom stereocenters. The minimum Gasteiger partial charge on any atom is -0.330 e. The third kappa shape index (κ3) is 3.90. The smallest absolute Gasteiger partial charge is 0.254 e. The Kier molecular flexibility index (Phi) is 5.42. The van der Waals surface area contributed by atoms with Crippen molar-refractivity contribution in [2.24, 2.45) is 0 Å². The number of fused-ring (bicyclic) bond motifs is 2. The van der Waals surface area contributed by atoms with E-state index in [1.54, 1.807) is 16.2 Å². The van der Waals surface area contributed by atoms with Gasteiger partial charge in [-0.3, -0.25) is 9.59 Å². The highest BCUT2D eigenvalue weighted by atomic mass is 32.1. The predicted molar refractivity (Wildman–Crippen MR) is 136 cm³/mol. The van der Waals surface area contributed by atoms with E-state index in [1.807, 2.05) is 65.6 Å². The van der Waals surface area contributed by atoms with Gasteiger partial charge < -0.3 is 9.80 Å². The van der Waals surface area contributed by atoms with E-state index in [4.69, 9.17) is 0 Å². The molecule has 34 heavy (non-hydrogen) atoms. The molecule has 0 radical (unpaired) electrons. The zero-order chi connectivity index (χ0) is 23.1. The van der Waals surface area contributed by atoms with Crippen molar-refractivity contribution in [1.29, 1.82) is 0 Å². The van der Waals surface area contributed by atoms with Gasteiger partial charge in [0.25, 0.3) is 5.91 Å². The van der Waals surface area contributed by atoms with Gasteiger partial charge in [-0.2, -0.15) is 0 Å². The predicted octanol–water partition coefficient (Wildman–Crippen LogP) is 5.68. The highest BCUT2D eigenvalue weighted by molar-refractivity contribution is 7.10. The second-order valence-corrected chi connectivity index (χ2v) is 10.2. The second-order valence-electron chi connectivity index (χ2n) is 9.18. The zero-order valence-electron chi connectivity index (χ0n) is 18.9. The van der Waals surface area contributed by atoms with Gasteiger partial charge in [0.15, 0.2) is 0 Å². The maximum absolute atomic E-state index is 13.7. The number of thiophene rings is 1. The van der Waals surface area contributed by atoms with Crippen molar-refractivity contribution in [2.75, 3.05) is 13.1 Å². The molecule has 4 nitrogen and oxygen atoms in total. The van der Waals surface area contributed by atoms with Crippen LogP contribution < -0.4 is 0 Å². The van der Waals surface area contributed by atoms with Gasteiger partial charge in [0.2, 0.25) is 5.91 Å². The van der Waals surface area contributed by atoms with Crippen LogP contribution in [0.1, 0.15) is 45.2 Å². The number of hydrogen-bond acceptors (Lipinski definition) is 3. The Morgan fingerprint density at radius 1 is 0.912 bits per heavy atom.